The SMILES string of the molecule is CON1C(=O)c2cc3ccccc3n2C1CC(=O)Oc1ccc(I)cc1. The molecule has 0 spiro atoms. The standard InChI is InChI=1S/C19H15IN2O4/c1-25-22-17(11-18(23)26-14-8-6-13(20)7-9-14)21-15-5-3-2-4-12(15)10-16(21)19(22)24/h2-10,17H,11H2,1H3. The summed E-state index contributed by atoms with van der Waals surface area (Å²) in [6, 6.07) is 16.7. The van der Waals surface area contributed by atoms with Crippen molar-refractivity contribution < 1.29 is 19.2 Å². The fourth-order valence-corrected chi connectivity index (χ4v) is 3.58. The first-order valence-corrected chi connectivity index (χ1v) is 9.10. The van der Waals surface area contributed by atoms with E-state index >= 15 is 0 Å². The molecule has 0 aliphatic carbocycles. The molecule has 1 unspecified atom stereocenters. The highest BCUT2D eigenvalue weighted by atomic mass is 127. The van der Waals surface area contributed by atoms with Gasteiger partial charge >= 0.3 is 5.97 Å². The number of nitrogens with zero attached hydrogens (tertiary/aromatic N) is 2. The number of para-hydroxylation sites is 1. The molecular weight excluding hydrogens is 447 g/mol. The van der Waals surface area contributed by atoms with Crippen LogP contribution in [0.25, 0.3) is 10.9 Å². The Hall–Kier alpha value is -2.39. The van der Waals surface area contributed by atoms with Crippen LogP contribution >= 0.6 is 22.6 Å². The van der Waals surface area contributed by atoms with E-state index in [0.29, 0.717) is 11.4 Å². The largest absolute Gasteiger partial charge is 0.426 e. The third-order valence-electron chi connectivity index (χ3n) is 4.33. The molecular formula is C19H15IN2O4. The second-order valence-electron chi connectivity index (χ2n) is 5.88. The van der Waals surface area contributed by atoms with Crippen molar-refractivity contribution in [2.24, 2.45) is 0 Å². The predicted octanol–water partition coefficient (Wildman–Crippen LogP) is 3.76. The number of carbonyl (C=O) groups excluding carboxylic acids is 2. The molecule has 4 rings (SSSR count). The van der Waals surface area contributed by atoms with Crippen LogP contribution in [0.3, 0.4) is 0 Å². The monoisotopic (exact) mass is 462 g/mol. The molecule has 0 fully saturated rings. The van der Waals surface area contributed by atoms with Gasteiger partial charge in [0.15, 0.2) is 0 Å². The van der Waals surface area contributed by atoms with Crippen molar-refractivity contribution in [3.8, 4) is 5.75 Å². The lowest BCUT2D eigenvalue weighted by molar-refractivity contribution is -0.151. The number of ether oxygens (including phenoxy) is 1. The molecule has 0 saturated carbocycles. The molecule has 26 heavy (non-hydrogen) atoms. The molecule has 0 N–H and O–H groups in total. The quantitative estimate of drug-likeness (QED) is 0.337. The van der Waals surface area contributed by atoms with Gasteiger partial charge in [-0.25, -0.2) is 0 Å². The molecule has 2 aromatic carbocycles. The number of aromatic nitrogens is 1. The summed E-state index contributed by atoms with van der Waals surface area (Å²) in [5, 5.41) is 2.17. The summed E-state index contributed by atoms with van der Waals surface area (Å²) < 4.78 is 8.30. The summed E-state index contributed by atoms with van der Waals surface area (Å²) >= 11 is 2.18. The van der Waals surface area contributed by atoms with E-state index in [1.807, 2.05) is 47.0 Å². The van der Waals surface area contributed by atoms with Crippen LogP contribution in [0.2, 0.25) is 0 Å². The van der Waals surface area contributed by atoms with Gasteiger partial charge in [-0.3, -0.25) is 14.4 Å². The van der Waals surface area contributed by atoms with Crippen LogP contribution in [-0.4, -0.2) is 28.6 Å². The van der Waals surface area contributed by atoms with Gasteiger partial charge in [0.25, 0.3) is 5.91 Å². The van der Waals surface area contributed by atoms with Crippen LogP contribution in [0.4, 0.5) is 0 Å². The first kappa shape index (κ1) is 17.0. The third-order valence-corrected chi connectivity index (χ3v) is 5.05. The van der Waals surface area contributed by atoms with Crippen LogP contribution < -0.4 is 4.74 Å². The van der Waals surface area contributed by atoms with E-state index in [4.69, 9.17) is 9.57 Å². The summed E-state index contributed by atoms with van der Waals surface area (Å²) in [5.74, 6) is -0.228. The lowest BCUT2D eigenvalue weighted by Crippen LogP contribution is -2.31. The number of esters is 1. The van der Waals surface area contributed by atoms with Gasteiger partial charge < -0.3 is 9.30 Å². The van der Waals surface area contributed by atoms with Gasteiger partial charge in [-0.15, -0.1) is 0 Å². The molecule has 6 nitrogen and oxygen atoms in total. The van der Waals surface area contributed by atoms with E-state index in [0.717, 1.165) is 14.5 Å². The van der Waals surface area contributed by atoms with Gasteiger partial charge in [0, 0.05) is 8.96 Å². The summed E-state index contributed by atoms with van der Waals surface area (Å²) in [6.45, 7) is 0. The Bertz CT molecular complexity index is 996. The van der Waals surface area contributed by atoms with E-state index in [-0.39, 0.29) is 12.3 Å². The highest BCUT2D eigenvalue weighted by Gasteiger charge is 2.40. The minimum atomic E-state index is -0.584. The molecule has 0 saturated heterocycles. The molecule has 7 heteroatoms. The molecule has 1 amide bonds. The molecule has 2 heterocycles. The van der Waals surface area contributed by atoms with Crippen LogP contribution in [-0.2, 0) is 9.63 Å². The van der Waals surface area contributed by atoms with Crippen molar-refractivity contribution in [1.29, 1.82) is 0 Å². The first-order chi connectivity index (χ1) is 12.6. The van der Waals surface area contributed by atoms with Gasteiger partial charge in [-0.1, -0.05) is 18.2 Å². The Kier molecular flexibility index (Phi) is 4.41. The number of rotatable bonds is 4. The zero-order valence-corrected chi connectivity index (χ0v) is 16.0. The molecule has 0 radical (unpaired) electrons. The van der Waals surface area contributed by atoms with Crippen molar-refractivity contribution in [3.63, 3.8) is 0 Å². The summed E-state index contributed by atoms with van der Waals surface area (Å²) in [6.07, 6.45) is -0.601. The smallest absolute Gasteiger partial charge is 0.315 e. The number of hydrogen-bond donors (Lipinski definition) is 0. The maximum absolute atomic E-state index is 12.6. The molecule has 1 aliphatic rings. The van der Waals surface area contributed by atoms with Crippen molar-refractivity contribution in [2.45, 2.75) is 12.6 Å². The summed E-state index contributed by atoms with van der Waals surface area (Å²) in [5.41, 5.74) is 1.38. The first-order valence-electron chi connectivity index (χ1n) is 8.02. The Balaban J connectivity index is 1.64. The Morgan fingerprint density at radius 2 is 1.88 bits per heavy atom. The lowest BCUT2D eigenvalue weighted by atomic mass is 10.2. The third kappa shape index (κ3) is 2.86. The second-order valence-corrected chi connectivity index (χ2v) is 7.13. The van der Waals surface area contributed by atoms with E-state index in [1.165, 1.54) is 12.2 Å². The Morgan fingerprint density at radius 3 is 2.62 bits per heavy atom. The van der Waals surface area contributed by atoms with E-state index in [9.17, 15) is 9.59 Å². The van der Waals surface area contributed by atoms with Crippen molar-refractivity contribution in [2.75, 3.05) is 7.11 Å². The summed E-state index contributed by atoms with van der Waals surface area (Å²) in [7, 11) is 1.42. The van der Waals surface area contributed by atoms with Gasteiger partial charge in [0.2, 0.25) is 0 Å². The van der Waals surface area contributed by atoms with Gasteiger partial charge in [-0.05, 0) is 59.0 Å². The Labute approximate surface area is 163 Å². The fourth-order valence-electron chi connectivity index (χ4n) is 3.22. The minimum absolute atomic E-state index is 0.0166. The van der Waals surface area contributed by atoms with Crippen LogP contribution in [0.15, 0.2) is 54.6 Å². The van der Waals surface area contributed by atoms with Gasteiger partial charge in [0.1, 0.15) is 17.6 Å². The number of amides is 1. The number of fused-ring (bicyclic) bond motifs is 3. The van der Waals surface area contributed by atoms with E-state index < -0.39 is 12.1 Å². The van der Waals surface area contributed by atoms with Gasteiger partial charge in [0.05, 0.1) is 19.0 Å². The number of hydrogen-bond acceptors (Lipinski definition) is 4. The fraction of sp³-hybridized carbons (Fsp3) is 0.158. The van der Waals surface area contributed by atoms with Crippen LogP contribution in [0, 0.1) is 3.57 Å². The maximum atomic E-state index is 12.6. The molecule has 1 aromatic heterocycles. The topological polar surface area (TPSA) is 60.8 Å². The highest BCUT2D eigenvalue weighted by Crippen LogP contribution is 2.35. The number of halogens is 1. The molecule has 1 aliphatic heterocycles. The van der Waals surface area contributed by atoms with E-state index in [1.54, 1.807) is 12.1 Å². The van der Waals surface area contributed by atoms with Crippen molar-refractivity contribution in [3.05, 3.63) is 63.9 Å². The number of carbonyl (C=O) groups is 2. The second kappa shape index (κ2) is 6.73. The average molecular weight is 462 g/mol. The summed E-state index contributed by atoms with van der Waals surface area (Å²) in [4.78, 5) is 30.3. The molecule has 0 bridgehead atoms. The molecule has 132 valence electrons. The highest BCUT2D eigenvalue weighted by molar-refractivity contribution is 14.1. The average Bonchev–Trinajstić information content (AvgIpc) is 3.13. The zero-order chi connectivity index (χ0) is 18.3. The minimum Gasteiger partial charge on any atom is -0.426 e. The number of hydroxylamine groups is 2. The molecule has 3 aromatic rings. The van der Waals surface area contributed by atoms with Crippen molar-refractivity contribution >= 4 is 45.4 Å². The van der Waals surface area contributed by atoms with E-state index in [2.05, 4.69) is 22.6 Å². The van der Waals surface area contributed by atoms with Gasteiger partial charge in [-0.2, -0.15) is 5.06 Å². The zero-order valence-electron chi connectivity index (χ0n) is 13.9. The normalized spacial score (nSPS) is 16.2. The number of benzene rings is 2. The Morgan fingerprint density at radius 1 is 1.15 bits per heavy atom. The van der Waals surface area contributed by atoms with Crippen molar-refractivity contribution in [1.82, 2.24) is 9.63 Å². The molecule has 1 atom stereocenters. The lowest BCUT2D eigenvalue weighted by Gasteiger charge is -2.23. The van der Waals surface area contributed by atoms with Crippen LogP contribution in [0.1, 0.15) is 23.1 Å². The van der Waals surface area contributed by atoms with Crippen LogP contribution in [0.5, 0.6) is 5.75 Å². The maximum Gasteiger partial charge on any atom is 0.315 e. The predicted molar refractivity (Wildman–Crippen MR) is 104 cm³/mol.